The van der Waals surface area contributed by atoms with Crippen molar-refractivity contribution < 1.29 is 28.6 Å². The standard InChI is InChI=1S/C73H128O6/c1-4-7-10-13-16-19-22-24-26-28-30-32-33-34-35-36-37-38-39-41-42-44-46-48-51-54-57-60-63-66-72(75)78-69-70(68-77-71(74)65-62-59-56-53-50-21-18-15-12-9-6-3)79-73(76)67-64-61-58-55-52-49-47-45-43-40-31-29-27-25-23-20-17-14-11-8-5-2/h7,10,16,19,23-26,29-32,43,45,70H,4-6,8-9,11-15,17-18,20-22,27-28,33-42,44,46-69H2,1-3H3/b10-7-,19-16-,25-23-,26-24-,31-29-,32-30-,45-43-. The summed E-state index contributed by atoms with van der Waals surface area (Å²) in [6, 6.07) is 0. The van der Waals surface area contributed by atoms with E-state index in [1.165, 1.54) is 193 Å². The van der Waals surface area contributed by atoms with Crippen LogP contribution in [0.15, 0.2) is 85.1 Å². The molecule has 456 valence electrons. The summed E-state index contributed by atoms with van der Waals surface area (Å²) in [5, 5.41) is 0. The van der Waals surface area contributed by atoms with Crippen LogP contribution >= 0.6 is 0 Å². The fourth-order valence-corrected chi connectivity index (χ4v) is 9.80. The zero-order valence-electron chi connectivity index (χ0n) is 52.4. The average molecular weight is 1100 g/mol. The monoisotopic (exact) mass is 1100 g/mol. The van der Waals surface area contributed by atoms with E-state index in [0.717, 1.165) is 109 Å². The summed E-state index contributed by atoms with van der Waals surface area (Å²) in [5.41, 5.74) is 0. The average Bonchev–Trinajstić information content (AvgIpc) is 3.45. The van der Waals surface area contributed by atoms with Gasteiger partial charge in [-0.05, 0) is 96.3 Å². The highest BCUT2D eigenvalue weighted by molar-refractivity contribution is 5.71. The quantitative estimate of drug-likeness (QED) is 0.0261. The van der Waals surface area contributed by atoms with Crippen LogP contribution in [0, 0.1) is 0 Å². The number of allylic oxidation sites excluding steroid dienone is 14. The van der Waals surface area contributed by atoms with E-state index in [-0.39, 0.29) is 31.1 Å². The maximum Gasteiger partial charge on any atom is 0.306 e. The second-order valence-corrected chi connectivity index (χ2v) is 22.7. The van der Waals surface area contributed by atoms with E-state index in [1.54, 1.807) is 0 Å². The van der Waals surface area contributed by atoms with Crippen LogP contribution in [-0.4, -0.2) is 37.2 Å². The first-order chi connectivity index (χ1) is 39.0. The molecule has 0 aromatic rings. The van der Waals surface area contributed by atoms with Crippen molar-refractivity contribution >= 4 is 17.9 Å². The number of hydrogen-bond donors (Lipinski definition) is 0. The minimum atomic E-state index is -0.782. The number of rotatable bonds is 62. The van der Waals surface area contributed by atoms with Crippen LogP contribution in [-0.2, 0) is 28.6 Å². The van der Waals surface area contributed by atoms with E-state index in [1.807, 2.05) is 0 Å². The van der Waals surface area contributed by atoms with Gasteiger partial charge in [-0.1, -0.05) is 311 Å². The number of unbranched alkanes of at least 4 members (excludes halogenated alkanes) is 37. The molecular weight excluding hydrogens is 973 g/mol. The molecule has 0 spiro atoms. The third-order valence-electron chi connectivity index (χ3n) is 14.9. The molecule has 0 heterocycles. The number of carbonyl (C=O) groups excluding carboxylic acids is 3. The fraction of sp³-hybridized carbons (Fsp3) is 0.767. The summed E-state index contributed by atoms with van der Waals surface area (Å²) in [5.74, 6) is -0.874. The summed E-state index contributed by atoms with van der Waals surface area (Å²) >= 11 is 0. The summed E-state index contributed by atoms with van der Waals surface area (Å²) in [4.78, 5) is 38.3. The fourth-order valence-electron chi connectivity index (χ4n) is 9.80. The maximum absolute atomic E-state index is 12.9. The third-order valence-corrected chi connectivity index (χ3v) is 14.9. The Kier molecular flexibility index (Phi) is 64.2. The van der Waals surface area contributed by atoms with Gasteiger partial charge in [0.1, 0.15) is 13.2 Å². The second-order valence-electron chi connectivity index (χ2n) is 22.7. The molecule has 1 atom stereocenters. The Morgan fingerprint density at radius 1 is 0.266 bits per heavy atom. The van der Waals surface area contributed by atoms with Crippen molar-refractivity contribution in [3.8, 4) is 0 Å². The van der Waals surface area contributed by atoms with Crippen molar-refractivity contribution in [1.29, 1.82) is 0 Å². The van der Waals surface area contributed by atoms with E-state index >= 15 is 0 Å². The van der Waals surface area contributed by atoms with Gasteiger partial charge < -0.3 is 14.2 Å². The predicted molar refractivity (Wildman–Crippen MR) is 344 cm³/mol. The smallest absolute Gasteiger partial charge is 0.306 e. The second kappa shape index (κ2) is 67.1. The Bertz CT molecular complexity index is 1500. The molecule has 0 saturated carbocycles. The zero-order valence-corrected chi connectivity index (χ0v) is 52.4. The Hall–Kier alpha value is -3.41. The molecule has 79 heavy (non-hydrogen) atoms. The molecule has 0 N–H and O–H groups in total. The first-order valence-electron chi connectivity index (χ1n) is 34.1. The first kappa shape index (κ1) is 75.6. The van der Waals surface area contributed by atoms with Gasteiger partial charge in [0.05, 0.1) is 0 Å². The highest BCUT2D eigenvalue weighted by Crippen LogP contribution is 2.17. The topological polar surface area (TPSA) is 78.9 Å². The van der Waals surface area contributed by atoms with E-state index in [9.17, 15) is 14.4 Å². The van der Waals surface area contributed by atoms with Gasteiger partial charge in [0.2, 0.25) is 0 Å². The zero-order chi connectivity index (χ0) is 57.1. The van der Waals surface area contributed by atoms with Gasteiger partial charge in [0, 0.05) is 19.3 Å². The van der Waals surface area contributed by atoms with Gasteiger partial charge in [0.15, 0.2) is 6.10 Å². The SMILES string of the molecule is CC/C=C\C/C=C\C/C=C\C/C=C\CCCCCCCCCCCCCCCCCCC(=O)OCC(COC(=O)CCCCCCCCCCCCC)OC(=O)CCCCCCCC/C=C\C/C=C\C/C=C\CCCCCCC. The Labute approximate surface area is 490 Å². The van der Waals surface area contributed by atoms with Crippen molar-refractivity contribution in [2.24, 2.45) is 0 Å². The van der Waals surface area contributed by atoms with Crippen LogP contribution in [0.1, 0.15) is 342 Å². The molecule has 0 fully saturated rings. The normalized spacial score (nSPS) is 12.6. The van der Waals surface area contributed by atoms with Gasteiger partial charge >= 0.3 is 17.9 Å². The van der Waals surface area contributed by atoms with Crippen molar-refractivity contribution in [3.63, 3.8) is 0 Å². The molecule has 0 aliphatic carbocycles. The lowest BCUT2D eigenvalue weighted by atomic mass is 10.0. The number of carbonyl (C=O) groups is 3. The number of esters is 3. The summed E-state index contributed by atoms with van der Waals surface area (Å²) in [6.07, 6.45) is 88.9. The highest BCUT2D eigenvalue weighted by Gasteiger charge is 2.19. The lowest BCUT2D eigenvalue weighted by Gasteiger charge is -2.18. The number of ether oxygens (including phenoxy) is 3. The third kappa shape index (κ3) is 65.3. The Morgan fingerprint density at radius 3 is 0.772 bits per heavy atom. The van der Waals surface area contributed by atoms with Crippen molar-refractivity contribution in [2.45, 2.75) is 348 Å². The molecular formula is C73H128O6. The molecule has 0 aliphatic heterocycles. The summed E-state index contributed by atoms with van der Waals surface area (Å²) < 4.78 is 16.9. The molecule has 0 amide bonds. The van der Waals surface area contributed by atoms with Crippen LogP contribution in [0.2, 0.25) is 0 Å². The molecule has 0 radical (unpaired) electrons. The number of hydrogen-bond acceptors (Lipinski definition) is 6. The molecule has 0 bridgehead atoms. The highest BCUT2D eigenvalue weighted by atomic mass is 16.6. The summed E-state index contributed by atoms with van der Waals surface area (Å²) in [7, 11) is 0. The van der Waals surface area contributed by atoms with E-state index in [0.29, 0.717) is 19.3 Å². The van der Waals surface area contributed by atoms with Gasteiger partial charge in [-0.3, -0.25) is 14.4 Å². The van der Waals surface area contributed by atoms with Crippen LogP contribution < -0.4 is 0 Å². The molecule has 1 unspecified atom stereocenters. The molecule has 0 aromatic carbocycles. The Balaban J connectivity index is 4.22. The first-order valence-corrected chi connectivity index (χ1v) is 34.1. The minimum absolute atomic E-state index is 0.0775. The van der Waals surface area contributed by atoms with Crippen LogP contribution in [0.25, 0.3) is 0 Å². The van der Waals surface area contributed by atoms with Gasteiger partial charge in [-0.15, -0.1) is 0 Å². The largest absolute Gasteiger partial charge is 0.462 e. The molecule has 6 heteroatoms. The molecule has 0 saturated heterocycles. The van der Waals surface area contributed by atoms with Crippen LogP contribution in [0.4, 0.5) is 0 Å². The lowest BCUT2D eigenvalue weighted by Crippen LogP contribution is -2.30. The lowest BCUT2D eigenvalue weighted by molar-refractivity contribution is -0.167. The maximum atomic E-state index is 12.9. The van der Waals surface area contributed by atoms with Crippen LogP contribution in [0.5, 0.6) is 0 Å². The predicted octanol–water partition coefficient (Wildman–Crippen LogP) is 23.4. The van der Waals surface area contributed by atoms with Crippen LogP contribution in [0.3, 0.4) is 0 Å². The van der Waals surface area contributed by atoms with Gasteiger partial charge in [-0.2, -0.15) is 0 Å². The minimum Gasteiger partial charge on any atom is -0.462 e. The van der Waals surface area contributed by atoms with Gasteiger partial charge in [-0.25, -0.2) is 0 Å². The van der Waals surface area contributed by atoms with E-state index in [4.69, 9.17) is 14.2 Å². The summed E-state index contributed by atoms with van der Waals surface area (Å²) in [6.45, 7) is 6.54. The van der Waals surface area contributed by atoms with Gasteiger partial charge in [0.25, 0.3) is 0 Å². The van der Waals surface area contributed by atoms with Crippen molar-refractivity contribution in [2.75, 3.05) is 13.2 Å². The molecule has 6 nitrogen and oxygen atoms in total. The van der Waals surface area contributed by atoms with Crippen molar-refractivity contribution in [3.05, 3.63) is 85.1 Å². The Morgan fingerprint density at radius 2 is 0.494 bits per heavy atom. The molecule has 0 aliphatic rings. The van der Waals surface area contributed by atoms with E-state index < -0.39 is 6.10 Å². The molecule has 0 rings (SSSR count). The molecule has 0 aromatic heterocycles. The van der Waals surface area contributed by atoms with E-state index in [2.05, 4.69) is 106 Å². The van der Waals surface area contributed by atoms with Crippen molar-refractivity contribution in [1.82, 2.24) is 0 Å².